The molecule has 0 fully saturated rings. The molecule has 0 amide bonds. The molecule has 0 aliphatic heterocycles. The molecule has 15 heavy (non-hydrogen) atoms. The molecule has 1 heterocycles. The van der Waals surface area contributed by atoms with Crippen LogP contribution in [0.5, 0.6) is 0 Å². The molecule has 0 saturated heterocycles. The maximum Gasteiger partial charge on any atom is 0.189 e. The molecule has 5 heteroatoms. The first-order chi connectivity index (χ1) is 7.34. The molecule has 0 aliphatic carbocycles. The summed E-state index contributed by atoms with van der Waals surface area (Å²) in [5.74, 6) is 0.631. The lowest BCUT2D eigenvalue weighted by Gasteiger charge is -2.08. The van der Waals surface area contributed by atoms with Gasteiger partial charge in [0.1, 0.15) is 12.1 Å². The zero-order chi connectivity index (χ0) is 10.9. The van der Waals surface area contributed by atoms with E-state index in [0.29, 0.717) is 10.6 Å². The third-order valence-electron chi connectivity index (χ3n) is 2.02. The Hall–Kier alpha value is -0.650. The van der Waals surface area contributed by atoms with Crippen molar-refractivity contribution < 1.29 is 9.66 Å². The number of aromatic nitrogens is 2. The largest absolute Gasteiger partial charge is 0.611 e. The molecule has 0 aromatic carbocycles. The van der Waals surface area contributed by atoms with Crippen LogP contribution in [0.4, 0.5) is 0 Å². The maximum atomic E-state index is 11.6. The predicted molar refractivity (Wildman–Crippen MR) is 57.3 cm³/mol. The van der Waals surface area contributed by atoms with Crippen LogP contribution >= 0.6 is 0 Å². The summed E-state index contributed by atoms with van der Waals surface area (Å²) >= 11 is -0.992. The van der Waals surface area contributed by atoms with Gasteiger partial charge in [0.2, 0.25) is 0 Å². The summed E-state index contributed by atoms with van der Waals surface area (Å²) in [6.07, 6.45) is 8.12. The fourth-order valence-electron chi connectivity index (χ4n) is 1.21. The minimum Gasteiger partial charge on any atom is -0.611 e. The number of hydrogen-bond acceptors (Lipinski definition) is 3. The molecule has 1 aromatic heterocycles. The monoisotopic (exact) mass is 227 g/mol. The van der Waals surface area contributed by atoms with Gasteiger partial charge in [0.15, 0.2) is 4.90 Å². The lowest BCUT2D eigenvalue weighted by molar-refractivity contribution is 0.186. The van der Waals surface area contributed by atoms with Crippen LogP contribution in [-0.4, -0.2) is 26.9 Å². The highest BCUT2D eigenvalue weighted by Crippen LogP contribution is 2.10. The van der Waals surface area contributed by atoms with Crippen LogP contribution in [0.1, 0.15) is 25.7 Å². The Balaban J connectivity index is 2.16. The molecule has 1 aromatic rings. The van der Waals surface area contributed by atoms with Crippen LogP contribution in [0.15, 0.2) is 23.6 Å². The van der Waals surface area contributed by atoms with Gasteiger partial charge < -0.3 is 4.55 Å². The van der Waals surface area contributed by atoms with Gasteiger partial charge in [-0.05, 0) is 30.4 Å². The highest BCUT2D eigenvalue weighted by molar-refractivity contribution is 7.91. The molecule has 1 radical (unpaired) electrons. The summed E-state index contributed by atoms with van der Waals surface area (Å²) in [7, 11) is 0. The molecule has 0 spiro atoms. The van der Waals surface area contributed by atoms with E-state index >= 15 is 0 Å². The average molecular weight is 227 g/mol. The second-order valence-corrected chi connectivity index (χ2v) is 4.81. The summed E-state index contributed by atoms with van der Waals surface area (Å²) in [6.45, 7) is -0.00435. The van der Waals surface area contributed by atoms with Crippen molar-refractivity contribution in [2.75, 3.05) is 12.4 Å². The SMILES string of the molecule is [O]CCCCCC[S+]([O-])c1cncnc1. The van der Waals surface area contributed by atoms with Crippen molar-refractivity contribution in [2.45, 2.75) is 30.6 Å². The summed E-state index contributed by atoms with van der Waals surface area (Å²) in [6, 6.07) is 0. The van der Waals surface area contributed by atoms with Crippen LogP contribution in [-0.2, 0) is 16.3 Å². The van der Waals surface area contributed by atoms with Crippen molar-refractivity contribution in [3.05, 3.63) is 18.7 Å². The van der Waals surface area contributed by atoms with Crippen molar-refractivity contribution in [1.29, 1.82) is 0 Å². The van der Waals surface area contributed by atoms with Gasteiger partial charge in [0, 0.05) is 0 Å². The van der Waals surface area contributed by atoms with E-state index < -0.39 is 11.2 Å². The van der Waals surface area contributed by atoms with Crippen LogP contribution < -0.4 is 0 Å². The minimum atomic E-state index is -0.992. The first-order valence-electron chi connectivity index (χ1n) is 5.06. The van der Waals surface area contributed by atoms with Gasteiger partial charge in [-0.2, -0.15) is 0 Å². The Morgan fingerprint density at radius 2 is 1.80 bits per heavy atom. The van der Waals surface area contributed by atoms with Gasteiger partial charge in [-0.3, -0.25) is 0 Å². The Morgan fingerprint density at radius 1 is 1.13 bits per heavy atom. The van der Waals surface area contributed by atoms with Gasteiger partial charge >= 0.3 is 0 Å². The van der Waals surface area contributed by atoms with Gasteiger partial charge in [0.25, 0.3) is 0 Å². The summed E-state index contributed by atoms with van der Waals surface area (Å²) < 4.78 is 11.6. The van der Waals surface area contributed by atoms with Crippen molar-refractivity contribution in [3.8, 4) is 0 Å². The summed E-state index contributed by atoms with van der Waals surface area (Å²) in [5, 5.41) is 10.2. The molecular formula is C10H15N2O2S. The molecule has 1 rings (SSSR count). The van der Waals surface area contributed by atoms with Gasteiger partial charge in [-0.15, -0.1) is 0 Å². The normalized spacial score (nSPS) is 12.7. The molecule has 0 N–H and O–H groups in total. The summed E-state index contributed by atoms with van der Waals surface area (Å²) in [5.41, 5.74) is 0. The summed E-state index contributed by atoms with van der Waals surface area (Å²) in [4.78, 5) is 8.32. The van der Waals surface area contributed by atoms with E-state index in [2.05, 4.69) is 9.97 Å². The van der Waals surface area contributed by atoms with Crippen LogP contribution in [0.3, 0.4) is 0 Å². The van der Waals surface area contributed by atoms with Crippen molar-refractivity contribution in [2.24, 2.45) is 0 Å². The second kappa shape index (κ2) is 7.62. The Kier molecular flexibility index (Phi) is 6.31. The Bertz CT molecular complexity index is 259. The molecule has 4 nitrogen and oxygen atoms in total. The van der Waals surface area contributed by atoms with Crippen LogP contribution in [0.25, 0.3) is 0 Å². The standard InChI is InChI=1S/C10H15N2O2S/c13-5-3-1-2-4-6-15(14)10-7-11-9-12-8-10/h7-9H,1-6H2. The van der Waals surface area contributed by atoms with Crippen LogP contribution in [0, 0.1) is 0 Å². The molecule has 1 unspecified atom stereocenters. The zero-order valence-electron chi connectivity index (χ0n) is 8.59. The van der Waals surface area contributed by atoms with E-state index in [4.69, 9.17) is 0 Å². The first-order valence-corrected chi connectivity index (χ1v) is 6.38. The molecule has 0 saturated carbocycles. The maximum absolute atomic E-state index is 11.6. The van der Waals surface area contributed by atoms with Crippen molar-refractivity contribution >= 4 is 11.2 Å². The zero-order valence-corrected chi connectivity index (χ0v) is 9.41. The van der Waals surface area contributed by atoms with Gasteiger partial charge in [-0.25, -0.2) is 15.1 Å². The number of unbranched alkanes of at least 4 members (excludes halogenated alkanes) is 3. The fourth-order valence-corrected chi connectivity index (χ4v) is 2.27. The van der Waals surface area contributed by atoms with E-state index in [9.17, 15) is 9.66 Å². The average Bonchev–Trinajstić information content (AvgIpc) is 2.30. The van der Waals surface area contributed by atoms with Gasteiger partial charge in [-0.1, -0.05) is 6.42 Å². The number of rotatable bonds is 7. The van der Waals surface area contributed by atoms with E-state index in [-0.39, 0.29) is 6.61 Å². The third-order valence-corrected chi connectivity index (χ3v) is 3.42. The first kappa shape index (κ1) is 12.4. The van der Waals surface area contributed by atoms with Gasteiger partial charge in [0.05, 0.1) is 19.0 Å². The van der Waals surface area contributed by atoms with E-state index in [1.54, 1.807) is 12.4 Å². The Morgan fingerprint density at radius 3 is 2.47 bits per heavy atom. The highest BCUT2D eigenvalue weighted by Gasteiger charge is 2.09. The van der Waals surface area contributed by atoms with E-state index in [0.717, 1.165) is 25.7 Å². The fraction of sp³-hybridized carbons (Fsp3) is 0.600. The minimum absolute atomic E-state index is 0.00435. The number of nitrogens with zero attached hydrogens (tertiary/aromatic N) is 2. The molecule has 1 atom stereocenters. The lowest BCUT2D eigenvalue weighted by atomic mass is 10.2. The number of hydrogen-bond donors (Lipinski definition) is 0. The van der Waals surface area contributed by atoms with E-state index in [1.165, 1.54) is 6.33 Å². The molecule has 0 bridgehead atoms. The van der Waals surface area contributed by atoms with E-state index in [1.807, 2.05) is 0 Å². The van der Waals surface area contributed by atoms with Crippen LogP contribution in [0.2, 0.25) is 0 Å². The molecular weight excluding hydrogens is 212 g/mol. The molecule has 83 valence electrons. The highest BCUT2D eigenvalue weighted by atomic mass is 32.2. The quantitative estimate of drug-likeness (QED) is 0.524. The molecule has 0 aliphatic rings. The van der Waals surface area contributed by atoms with Crippen molar-refractivity contribution in [1.82, 2.24) is 9.97 Å². The topological polar surface area (TPSA) is 68.7 Å². The second-order valence-electron chi connectivity index (χ2n) is 3.24. The predicted octanol–water partition coefficient (Wildman–Crippen LogP) is 1.58. The lowest BCUT2D eigenvalue weighted by Crippen LogP contribution is -2.07. The Labute approximate surface area is 92.9 Å². The third kappa shape index (κ3) is 5.11. The van der Waals surface area contributed by atoms with Crippen molar-refractivity contribution in [3.63, 3.8) is 0 Å². The smallest absolute Gasteiger partial charge is 0.189 e.